The van der Waals surface area contributed by atoms with Gasteiger partial charge in [0, 0.05) is 30.0 Å². The third-order valence-corrected chi connectivity index (χ3v) is 8.82. The highest BCUT2D eigenvalue weighted by molar-refractivity contribution is 8.00. The molecule has 2 aromatic rings. The minimum Gasteiger partial charge on any atom is -0.478 e. The molecule has 1 unspecified atom stereocenters. The number of nitrogens with zero attached hydrogens (tertiary/aromatic N) is 4. The number of thiazole rings is 1. The van der Waals surface area contributed by atoms with Gasteiger partial charge in [-0.1, -0.05) is 11.2 Å². The number of amides is 2. The van der Waals surface area contributed by atoms with Gasteiger partial charge in [0.15, 0.2) is 29.8 Å². The highest BCUT2D eigenvalue weighted by Gasteiger charge is 2.54. The average Bonchev–Trinajstić information content (AvgIpc) is 3.33. The number of fused-ring (bicyclic) bond motifs is 1. The number of aliphatic carboxylic acids is 2. The number of thioether (sulfide) groups is 1. The van der Waals surface area contributed by atoms with Gasteiger partial charge in [0.2, 0.25) is 5.60 Å². The molecule has 1 aliphatic carbocycles. The summed E-state index contributed by atoms with van der Waals surface area (Å²) in [6.07, 6.45) is 8.09. The van der Waals surface area contributed by atoms with Crippen molar-refractivity contribution in [1.82, 2.24) is 15.2 Å². The number of carboxylic acid groups (broad SMARTS) is 2. The first-order valence-corrected chi connectivity index (χ1v) is 14.4. The Kier molecular flexibility index (Phi) is 7.68. The second kappa shape index (κ2) is 11.2. The van der Waals surface area contributed by atoms with Crippen molar-refractivity contribution >= 4 is 63.4 Å². The molecule has 0 radical (unpaired) electrons. The van der Waals surface area contributed by atoms with E-state index >= 15 is 0 Å². The fourth-order valence-corrected chi connectivity index (χ4v) is 6.40. The Morgan fingerprint density at radius 3 is 2.71 bits per heavy atom. The van der Waals surface area contributed by atoms with Crippen LogP contribution in [0, 0.1) is 0 Å². The topological polar surface area (TPSA) is 214 Å². The summed E-state index contributed by atoms with van der Waals surface area (Å²) in [5.41, 5.74) is 10.6. The highest BCUT2D eigenvalue weighted by Crippen LogP contribution is 2.41. The average molecular weight is 601 g/mol. The monoisotopic (exact) mass is 600 g/mol. The van der Waals surface area contributed by atoms with Crippen LogP contribution in [0.2, 0.25) is 0 Å². The molecule has 4 heterocycles. The van der Waals surface area contributed by atoms with Gasteiger partial charge in [-0.2, -0.15) is 4.57 Å². The van der Waals surface area contributed by atoms with Gasteiger partial charge in [0.1, 0.15) is 22.8 Å². The van der Waals surface area contributed by atoms with Gasteiger partial charge in [0.25, 0.3) is 11.8 Å². The van der Waals surface area contributed by atoms with Crippen LogP contribution in [0.5, 0.6) is 0 Å². The number of anilines is 2. The van der Waals surface area contributed by atoms with Crippen molar-refractivity contribution in [3.05, 3.63) is 59.0 Å². The minimum atomic E-state index is -1.54. The molecular weight excluding hydrogens is 574 g/mol. The number of aromatic nitrogens is 2. The van der Waals surface area contributed by atoms with Crippen LogP contribution < -0.4 is 21.4 Å². The standard InChI is InChI=1S/C25H25N7O7S2/c26-14-5-2-9-31(10-14)8-1-4-13-11-40-21-17(20(34)32(21)18(13)22(35)36)29-19(33)16(15-12-41-24(27)28-15)30-39-25(23(37)38)6-3-7-25/h1-2,4-5,9-10,12,17,21H,3,6-8,11,26H2,(H4-,27,28,29,33,35,36,37,38)/p+1/t17?,21-/m0/s1. The molecule has 0 spiro atoms. The second-order valence-electron chi connectivity index (χ2n) is 9.53. The molecule has 1 saturated heterocycles. The molecule has 2 amide bonds. The number of nitrogens with one attached hydrogen (secondary N) is 1. The largest absolute Gasteiger partial charge is 0.478 e. The number of rotatable bonds is 10. The number of allylic oxidation sites excluding steroid dienone is 2. The van der Waals surface area contributed by atoms with E-state index in [2.05, 4.69) is 15.5 Å². The Balaban J connectivity index is 1.32. The summed E-state index contributed by atoms with van der Waals surface area (Å²) in [5, 5.41) is 26.8. The lowest BCUT2D eigenvalue weighted by molar-refractivity contribution is -0.686. The third kappa shape index (κ3) is 5.47. The Labute approximate surface area is 241 Å². The maximum Gasteiger partial charge on any atom is 0.352 e. The molecule has 1 saturated carbocycles. The zero-order chi connectivity index (χ0) is 29.3. The third-order valence-electron chi connectivity index (χ3n) is 6.85. The zero-order valence-electron chi connectivity index (χ0n) is 21.4. The van der Waals surface area contributed by atoms with Crippen molar-refractivity contribution in [3.63, 3.8) is 0 Å². The summed E-state index contributed by atoms with van der Waals surface area (Å²) in [4.78, 5) is 60.8. The lowest BCUT2D eigenvalue weighted by atomic mass is 9.80. The fraction of sp³-hybridized carbons (Fsp3) is 0.320. The number of oxime groups is 1. The fourth-order valence-electron chi connectivity index (χ4n) is 4.53. The van der Waals surface area contributed by atoms with Gasteiger partial charge < -0.3 is 31.8 Å². The molecule has 2 aromatic heterocycles. The van der Waals surface area contributed by atoms with Crippen LogP contribution in [0.25, 0.3) is 0 Å². The lowest BCUT2D eigenvalue weighted by Gasteiger charge is -2.49. The Hall–Kier alpha value is -4.44. The van der Waals surface area contributed by atoms with E-state index in [1.165, 1.54) is 17.1 Å². The van der Waals surface area contributed by atoms with Crippen LogP contribution in [0.3, 0.4) is 0 Å². The normalized spacial score (nSPS) is 21.6. The summed E-state index contributed by atoms with van der Waals surface area (Å²) in [5.74, 6) is -3.62. The molecule has 0 bridgehead atoms. The quantitative estimate of drug-likeness (QED) is 0.108. The summed E-state index contributed by atoms with van der Waals surface area (Å²) in [6, 6.07) is 2.50. The molecule has 16 heteroatoms. The number of hydrogen-bond donors (Lipinski definition) is 5. The SMILES string of the molecule is Nc1ccc[n+](CC=CC2=C(C(=O)O)N3C(=O)C(NC(=O)C(=NOC4(C(=O)O)CCC4)c4csc(N)n4)[C@@H]3SC2)c1. The molecule has 7 N–H and O–H groups in total. The first-order chi connectivity index (χ1) is 19.6. The molecule has 214 valence electrons. The van der Waals surface area contributed by atoms with E-state index in [1.807, 2.05) is 10.8 Å². The molecule has 14 nitrogen and oxygen atoms in total. The minimum absolute atomic E-state index is 0.0568. The highest BCUT2D eigenvalue weighted by atomic mass is 32.2. The van der Waals surface area contributed by atoms with Crippen LogP contribution in [0.4, 0.5) is 10.8 Å². The maximum atomic E-state index is 13.3. The van der Waals surface area contributed by atoms with Crippen LogP contribution in [0.1, 0.15) is 25.0 Å². The number of carbonyl (C=O) groups excluding carboxylic acids is 2. The van der Waals surface area contributed by atoms with E-state index < -0.39 is 40.8 Å². The van der Waals surface area contributed by atoms with Crippen LogP contribution in [-0.4, -0.2) is 72.3 Å². The number of nitrogens with two attached hydrogens (primary N) is 2. The summed E-state index contributed by atoms with van der Waals surface area (Å²) < 4.78 is 1.83. The van der Waals surface area contributed by atoms with Crippen molar-refractivity contribution in [3.8, 4) is 0 Å². The lowest BCUT2D eigenvalue weighted by Crippen LogP contribution is -2.71. The second-order valence-corrected chi connectivity index (χ2v) is 11.5. The number of nitrogen functional groups attached to an aromatic ring is 2. The van der Waals surface area contributed by atoms with Crippen molar-refractivity contribution in [2.45, 2.75) is 42.8 Å². The zero-order valence-corrected chi connectivity index (χ0v) is 23.1. The number of β-lactam (4-membered cyclic amide) rings is 1. The molecule has 2 aliphatic heterocycles. The van der Waals surface area contributed by atoms with Crippen molar-refractivity contribution in [2.24, 2.45) is 5.16 Å². The van der Waals surface area contributed by atoms with E-state index in [0.717, 1.165) is 16.2 Å². The van der Waals surface area contributed by atoms with Gasteiger partial charge in [-0.05, 0) is 24.1 Å². The van der Waals surface area contributed by atoms with Crippen molar-refractivity contribution in [2.75, 3.05) is 17.2 Å². The van der Waals surface area contributed by atoms with Crippen LogP contribution >= 0.6 is 23.1 Å². The molecular formula is C25H26N7O7S2+. The predicted octanol–water partition coefficient (Wildman–Crippen LogP) is 0.318. The molecule has 41 heavy (non-hydrogen) atoms. The van der Waals surface area contributed by atoms with Crippen LogP contribution in [0.15, 0.2) is 58.5 Å². The molecule has 3 aliphatic rings. The summed E-state index contributed by atoms with van der Waals surface area (Å²) in [6.45, 7) is 0.441. The van der Waals surface area contributed by atoms with E-state index in [4.69, 9.17) is 16.3 Å². The number of carboxylic acids is 2. The van der Waals surface area contributed by atoms with Gasteiger partial charge >= 0.3 is 11.9 Å². The van der Waals surface area contributed by atoms with Gasteiger partial charge in [-0.3, -0.25) is 14.5 Å². The predicted molar refractivity (Wildman–Crippen MR) is 148 cm³/mol. The number of pyridine rings is 1. The van der Waals surface area contributed by atoms with E-state index in [-0.39, 0.29) is 40.8 Å². The van der Waals surface area contributed by atoms with E-state index in [0.29, 0.717) is 24.2 Å². The van der Waals surface area contributed by atoms with Crippen molar-refractivity contribution < 1.29 is 38.8 Å². The Morgan fingerprint density at radius 2 is 2.10 bits per heavy atom. The number of carbonyl (C=O) groups is 4. The molecule has 5 rings (SSSR count). The van der Waals surface area contributed by atoms with Gasteiger partial charge in [-0.25, -0.2) is 14.6 Å². The molecule has 0 aromatic carbocycles. The first-order valence-electron chi connectivity index (χ1n) is 12.4. The molecule has 2 fully saturated rings. The van der Waals surface area contributed by atoms with E-state index in [9.17, 15) is 29.4 Å². The summed E-state index contributed by atoms with van der Waals surface area (Å²) >= 11 is 2.34. The number of hydrogen-bond acceptors (Lipinski definition) is 11. The smallest absolute Gasteiger partial charge is 0.352 e. The molecule has 2 atom stereocenters. The van der Waals surface area contributed by atoms with E-state index in [1.54, 1.807) is 30.5 Å². The van der Waals surface area contributed by atoms with Crippen LogP contribution in [-0.2, 0) is 30.6 Å². The Bertz CT molecular complexity index is 1510. The van der Waals surface area contributed by atoms with Gasteiger partial charge in [-0.15, -0.1) is 23.1 Å². The first kappa shape index (κ1) is 28.1. The summed E-state index contributed by atoms with van der Waals surface area (Å²) in [7, 11) is 0. The Morgan fingerprint density at radius 1 is 1.32 bits per heavy atom. The van der Waals surface area contributed by atoms with Gasteiger partial charge in [0.05, 0.1) is 5.69 Å². The maximum absolute atomic E-state index is 13.3. The van der Waals surface area contributed by atoms with Crippen molar-refractivity contribution in [1.29, 1.82) is 0 Å².